The van der Waals surface area contributed by atoms with E-state index in [9.17, 15) is 15.0 Å². The van der Waals surface area contributed by atoms with Crippen molar-refractivity contribution in [1.29, 1.82) is 0 Å². The molecule has 0 atom stereocenters. The third kappa shape index (κ3) is 5.82. The van der Waals surface area contributed by atoms with Gasteiger partial charge in [0.15, 0.2) is 0 Å². The molecule has 5 rings (SSSR count). The Morgan fingerprint density at radius 3 is 2.03 bits per heavy atom. The zero-order valence-electron chi connectivity index (χ0n) is 21.5. The minimum atomic E-state index is -0.577. The van der Waals surface area contributed by atoms with E-state index in [0.29, 0.717) is 29.3 Å². The number of amides is 1. The summed E-state index contributed by atoms with van der Waals surface area (Å²) in [5.41, 5.74) is 0.790. The molecule has 2 aliphatic rings. The van der Waals surface area contributed by atoms with Gasteiger partial charge in [-0.1, -0.05) is 0 Å². The number of benzene rings is 2. The van der Waals surface area contributed by atoms with Crippen LogP contribution in [0, 0.1) is 0 Å². The minimum Gasteiger partial charge on any atom is -0.507 e. The number of anilines is 5. The lowest BCUT2D eigenvalue weighted by Crippen LogP contribution is -2.34. The molecule has 0 saturated carbocycles. The molecule has 0 bridgehead atoms. The molecule has 200 valence electrons. The lowest BCUT2D eigenvalue weighted by atomic mass is 10.1. The van der Waals surface area contributed by atoms with Crippen LogP contribution in [-0.2, 0) is 0 Å². The number of nitrogens with one attached hydrogen (secondary N) is 2. The van der Waals surface area contributed by atoms with Gasteiger partial charge < -0.3 is 35.4 Å². The van der Waals surface area contributed by atoms with Crippen molar-refractivity contribution in [1.82, 2.24) is 15.0 Å². The maximum atomic E-state index is 12.7. The number of carbonyl (C=O) groups is 1. The summed E-state index contributed by atoms with van der Waals surface area (Å²) < 4.78 is 5.13. The van der Waals surface area contributed by atoms with Gasteiger partial charge in [-0.15, -0.1) is 0 Å². The van der Waals surface area contributed by atoms with Crippen molar-refractivity contribution in [2.45, 2.75) is 38.5 Å². The largest absolute Gasteiger partial charge is 0.507 e. The molecule has 38 heavy (non-hydrogen) atoms. The van der Waals surface area contributed by atoms with Crippen molar-refractivity contribution in [3.05, 3.63) is 42.0 Å². The molecule has 2 fully saturated rings. The number of hydrogen-bond donors (Lipinski definition) is 4. The topological polar surface area (TPSA) is 136 Å². The second-order valence-electron chi connectivity index (χ2n) is 9.55. The van der Waals surface area contributed by atoms with E-state index < -0.39 is 5.91 Å². The smallest absolute Gasteiger partial charge is 0.259 e. The molecule has 0 spiro atoms. The van der Waals surface area contributed by atoms with Gasteiger partial charge in [0.1, 0.15) is 17.2 Å². The maximum Gasteiger partial charge on any atom is 0.259 e. The molecule has 0 radical (unpaired) electrons. The monoisotopic (exact) mass is 519 g/mol. The fraction of sp³-hybridized carbons (Fsp3) is 0.407. The van der Waals surface area contributed by atoms with Gasteiger partial charge in [-0.25, -0.2) is 0 Å². The fourth-order valence-corrected chi connectivity index (χ4v) is 4.74. The summed E-state index contributed by atoms with van der Waals surface area (Å²) in [6, 6.07) is 9.14. The van der Waals surface area contributed by atoms with Gasteiger partial charge >= 0.3 is 0 Å². The van der Waals surface area contributed by atoms with Crippen LogP contribution in [0.2, 0.25) is 0 Å². The molecule has 2 aliphatic heterocycles. The zero-order chi connectivity index (χ0) is 26.5. The first-order chi connectivity index (χ1) is 18.5. The van der Waals surface area contributed by atoms with Gasteiger partial charge in [0.25, 0.3) is 5.91 Å². The van der Waals surface area contributed by atoms with E-state index in [-0.39, 0.29) is 22.7 Å². The van der Waals surface area contributed by atoms with Crippen molar-refractivity contribution in [3.8, 4) is 17.2 Å². The van der Waals surface area contributed by atoms with Crippen molar-refractivity contribution in [2.24, 2.45) is 0 Å². The highest BCUT2D eigenvalue weighted by molar-refractivity contribution is 6.07. The van der Waals surface area contributed by atoms with Gasteiger partial charge in [-0.3, -0.25) is 4.79 Å². The Morgan fingerprint density at radius 1 is 0.816 bits per heavy atom. The highest BCUT2D eigenvalue weighted by Crippen LogP contribution is 2.31. The zero-order valence-corrected chi connectivity index (χ0v) is 21.5. The molecule has 1 aromatic heterocycles. The predicted octanol–water partition coefficient (Wildman–Crippen LogP) is 4.27. The summed E-state index contributed by atoms with van der Waals surface area (Å²) in [4.78, 5) is 31.3. The Hall–Kier alpha value is -4.28. The number of nitrogens with zero attached hydrogens (tertiary/aromatic N) is 5. The third-order valence-electron chi connectivity index (χ3n) is 6.84. The lowest BCUT2D eigenvalue weighted by molar-refractivity contribution is 0.102. The number of piperidine rings is 2. The van der Waals surface area contributed by atoms with Crippen molar-refractivity contribution in [2.75, 3.05) is 53.7 Å². The van der Waals surface area contributed by atoms with Gasteiger partial charge in [-0.2, -0.15) is 15.0 Å². The highest BCUT2D eigenvalue weighted by atomic mass is 16.5. The minimum absolute atomic E-state index is 0.0339. The van der Waals surface area contributed by atoms with E-state index in [1.165, 1.54) is 38.2 Å². The van der Waals surface area contributed by atoms with Crippen LogP contribution in [0.25, 0.3) is 0 Å². The molecule has 0 aliphatic carbocycles. The third-order valence-corrected chi connectivity index (χ3v) is 6.84. The van der Waals surface area contributed by atoms with Gasteiger partial charge in [-0.05, 0) is 68.9 Å². The Labute approximate surface area is 221 Å². The molecule has 0 unspecified atom stereocenters. The van der Waals surface area contributed by atoms with E-state index in [1.807, 2.05) is 0 Å². The molecule has 11 heteroatoms. The average Bonchev–Trinajstić information content (AvgIpc) is 2.95. The molecule has 11 nitrogen and oxygen atoms in total. The second-order valence-corrected chi connectivity index (χ2v) is 9.55. The van der Waals surface area contributed by atoms with Crippen LogP contribution in [-0.4, -0.2) is 64.4 Å². The van der Waals surface area contributed by atoms with Crippen LogP contribution in [0.1, 0.15) is 48.9 Å². The van der Waals surface area contributed by atoms with Gasteiger partial charge in [0.2, 0.25) is 17.8 Å². The first kappa shape index (κ1) is 25.4. The molecule has 2 saturated heterocycles. The van der Waals surface area contributed by atoms with E-state index in [2.05, 4.69) is 30.4 Å². The van der Waals surface area contributed by atoms with Crippen molar-refractivity contribution in [3.63, 3.8) is 0 Å². The van der Waals surface area contributed by atoms with E-state index in [1.54, 1.807) is 18.2 Å². The number of rotatable bonds is 7. The molecule has 3 heterocycles. The summed E-state index contributed by atoms with van der Waals surface area (Å²) in [6.07, 6.45) is 6.88. The molecule has 2 aromatic carbocycles. The van der Waals surface area contributed by atoms with Gasteiger partial charge in [0, 0.05) is 37.9 Å². The summed E-state index contributed by atoms with van der Waals surface area (Å²) in [7, 11) is 1.48. The molecular formula is C27H33N7O4. The number of ether oxygens (including phenoxy) is 1. The predicted molar refractivity (Wildman–Crippen MR) is 146 cm³/mol. The number of methoxy groups -OCH3 is 1. The first-order valence-electron chi connectivity index (χ1n) is 13.0. The Balaban J connectivity index is 1.35. The Morgan fingerprint density at radius 2 is 1.45 bits per heavy atom. The molecule has 1 amide bonds. The molecular weight excluding hydrogens is 486 g/mol. The summed E-state index contributed by atoms with van der Waals surface area (Å²) >= 11 is 0. The standard InChI is InChI=1S/C27H33N7O4/c1-38-19-9-11-22(35)20(17-19)24(37)29-21-10-8-18(16-23(21)36)28-25-30-26(33-12-4-2-5-13-33)32-27(31-25)34-14-6-3-7-15-34/h8-11,16-17,35-36H,2-7,12-15H2,1H3,(H,29,37)(H,28,30,31,32). The number of aromatic hydroxyl groups is 2. The highest BCUT2D eigenvalue weighted by Gasteiger charge is 2.21. The molecule has 3 aromatic rings. The maximum absolute atomic E-state index is 12.7. The van der Waals surface area contributed by atoms with Crippen LogP contribution in [0.3, 0.4) is 0 Å². The van der Waals surface area contributed by atoms with Crippen LogP contribution in [0.5, 0.6) is 17.2 Å². The summed E-state index contributed by atoms with van der Waals surface area (Å²) in [5, 5.41) is 26.5. The number of phenolic OH excluding ortho intramolecular Hbond substituents is 2. The number of hydrogen-bond acceptors (Lipinski definition) is 10. The van der Waals surface area contributed by atoms with Crippen LogP contribution in [0.4, 0.5) is 29.2 Å². The van der Waals surface area contributed by atoms with Crippen LogP contribution >= 0.6 is 0 Å². The van der Waals surface area contributed by atoms with E-state index >= 15 is 0 Å². The second kappa shape index (κ2) is 11.4. The molecule has 4 N–H and O–H groups in total. The average molecular weight is 520 g/mol. The first-order valence-corrected chi connectivity index (χ1v) is 13.0. The Kier molecular flexibility index (Phi) is 7.62. The normalized spacial score (nSPS) is 15.7. The summed E-state index contributed by atoms with van der Waals surface area (Å²) in [5.74, 6) is 1.24. The Bertz CT molecular complexity index is 1250. The van der Waals surface area contributed by atoms with Crippen molar-refractivity contribution >= 4 is 35.1 Å². The number of aromatic nitrogens is 3. The fourth-order valence-electron chi connectivity index (χ4n) is 4.74. The van der Waals surface area contributed by atoms with E-state index in [0.717, 1.165) is 51.9 Å². The summed E-state index contributed by atoms with van der Waals surface area (Å²) in [6.45, 7) is 3.67. The van der Waals surface area contributed by atoms with Crippen molar-refractivity contribution < 1.29 is 19.7 Å². The van der Waals surface area contributed by atoms with Crippen LogP contribution < -0.4 is 25.2 Å². The van der Waals surface area contributed by atoms with Gasteiger partial charge in [0.05, 0.1) is 18.4 Å². The van der Waals surface area contributed by atoms with Crippen LogP contribution in [0.15, 0.2) is 36.4 Å². The SMILES string of the molecule is COc1ccc(O)c(C(=O)Nc2ccc(Nc3nc(N4CCCCC4)nc(N4CCCCC4)n3)cc2O)c1. The quantitative estimate of drug-likeness (QED) is 0.335. The van der Waals surface area contributed by atoms with E-state index in [4.69, 9.17) is 9.72 Å². The number of phenols is 2. The lowest BCUT2D eigenvalue weighted by Gasteiger charge is -2.30. The number of carbonyl (C=O) groups excluding carboxylic acids is 1.